The second-order valence-electron chi connectivity index (χ2n) is 14.6. The molecule has 0 bridgehead atoms. The Balaban J connectivity index is 1.22. The molecule has 3 unspecified atom stereocenters. The maximum Gasteiger partial charge on any atom is 0.409 e. The maximum atomic E-state index is 12.6. The highest BCUT2D eigenvalue weighted by Gasteiger charge is 2.64. The van der Waals surface area contributed by atoms with Crippen molar-refractivity contribution in [3.05, 3.63) is 0 Å². The molecule has 0 aromatic heterocycles. The average molecular weight is 534 g/mol. The first-order chi connectivity index (χ1) is 18.1. The molecule has 1 amide bonds. The third kappa shape index (κ3) is 4.83. The number of amides is 1. The van der Waals surface area contributed by atoms with Crippen LogP contribution in [0.15, 0.2) is 0 Å². The van der Waals surface area contributed by atoms with E-state index in [4.69, 9.17) is 4.74 Å². The van der Waals surface area contributed by atoms with Crippen LogP contribution < -0.4 is 0 Å². The van der Waals surface area contributed by atoms with Crippen molar-refractivity contribution in [3.8, 4) is 0 Å². The lowest BCUT2D eigenvalue weighted by Crippen LogP contribution is -2.62. The summed E-state index contributed by atoms with van der Waals surface area (Å²) in [6, 6.07) is 0. The van der Waals surface area contributed by atoms with Crippen LogP contribution in [0.4, 0.5) is 4.79 Å². The fourth-order valence-corrected chi connectivity index (χ4v) is 10.9. The SMILES string of the molecule is CC[C@@H]1C2C[C@H](O)CC[C@]2(C)[C@H]2CCC3(C)[C@@H]([C@H](C)CCOC(=O)N4CCC(CO)CC4)CC[C@H]3C2[C@@H]1O. The normalized spacial score (nSPS) is 46.1. The average Bonchev–Trinajstić information content (AvgIpc) is 3.27. The standard InChI is InChI=1S/C32H55NO5/c1-5-23-27-18-22(35)8-13-32(27,4)26-9-14-31(3)24(6-7-25(31)28(26)29(23)36)20(2)12-17-38-30(37)33-15-10-21(19-34)11-16-33/h20-29,34-36H,5-19H2,1-4H3/t20-,22-,23-,24-,25+,26+,27?,28?,29-,31?,32-/m1/s1. The minimum atomic E-state index is -0.247. The van der Waals surface area contributed by atoms with Crippen LogP contribution in [0.1, 0.15) is 98.3 Å². The number of rotatable bonds is 6. The number of likely N-dealkylation sites (tertiary alicyclic amines) is 1. The summed E-state index contributed by atoms with van der Waals surface area (Å²) in [5.74, 6) is 3.68. The van der Waals surface area contributed by atoms with Gasteiger partial charge in [-0.1, -0.05) is 34.1 Å². The first-order valence-corrected chi connectivity index (χ1v) is 16.0. The Morgan fingerprint density at radius 2 is 1.66 bits per heavy atom. The van der Waals surface area contributed by atoms with E-state index in [0.717, 1.165) is 44.9 Å². The Morgan fingerprint density at radius 1 is 0.974 bits per heavy atom. The van der Waals surface area contributed by atoms with Crippen molar-refractivity contribution >= 4 is 6.09 Å². The summed E-state index contributed by atoms with van der Waals surface area (Å²) in [6.07, 6.45) is 10.8. The van der Waals surface area contributed by atoms with Gasteiger partial charge in [0.05, 0.1) is 18.8 Å². The number of ether oxygens (including phenoxy) is 1. The summed E-state index contributed by atoms with van der Waals surface area (Å²) >= 11 is 0. The number of aliphatic hydroxyl groups is 3. The van der Waals surface area contributed by atoms with Crippen LogP contribution >= 0.6 is 0 Å². The molecule has 5 aliphatic rings. The lowest BCUT2D eigenvalue weighted by Gasteiger charge is -2.64. The van der Waals surface area contributed by atoms with Crippen molar-refractivity contribution in [1.29, 1.82) is 0 Å². The van der Waals surface area contributed by atoms with Gasteiger partial charge in [0, 0.05) is 19.7 Å². The highest BCUT2D eigenvalue weighted by Crippen LogP contribution is 2.69. The van der Waals surface area contributed by atoms with Crippen LogP contribution in [-0.2, 0) is 4.74 Å². The van der Waals surface area contributed by atoms with Crippen molar-refractivity contribution in [2.75, 3.05) is 26.3 Å². The van der Waals surface area contributed by atoms with E-state index in [2.05, 4.69) is 27.7 Å². The molecule has 0 radical (unpaired) electrons. The molecule has 1 heterocycles. The monoisotopic (exact) mass is 533 g/mol. The highest BCUT2D eigenvalue weighted by atomic mass is 16.6. The van der Waals surface area contributed by atoms with Gasteiger partial charge in [-0.05, 0) is 122 Å². The molecule has 5 fully saturated rings. The molecule has 11 atom stereocenters. The minimum Gasteiger partial charge on any atom is -0.449 e. The van der Waals surface area contributed by atoms with Gasteiger partial charge in [-0.2, -0.15) is 0 Å². The molecule has 0 spiro atoms. The van der Waals surface area contributed by atoms with Crippen LogP contribution in [-0.4, -0.2) is 64.8 Å². The van der Waals surface area contributed by atoms with Gasteiger partial charge in [-0.3, -0.25) is 0 Å². The van der Waals surface area contributed by atoms with E-state index >= 15 is 0 Å². The predicted octanol–water partition coefficient (Wildman–Crippen LogP) is 5.48. The van der Waals surface area contributed by atoms with Gasteiger partial charge in [-0.15, -0.1) is 0 Å². The van der Waals surface area contributed by atoms with Gasteiger partial charge >= 0.3 is 6.09 Å². The summed E-state index contributed by atoms with van der Waals surface area (Å²) in [5.41, 5.74) is 0.488. The quantitative estimate of drug-likeness (QED) is 0.421. The van der Waals surface area contributed by atoms with E-state index in [-0.39, 0.29) is 35.7 Å². The summed E-state index contributed by atoms with van der Waals surface area (Å²) in [7, 11) is 0. The molecule has 4 saturated carbocycles. The molecule has 3 N–H and O–H groups in total. The molecule has 1 aliphatic heterocycles. The van der Waals surface area contributed by atoms with Gasteiger partial charge in [0.25, 0.3) is 0 Å². The van der Waals surface area contributed by atoms with E-state index < -0.39 is 0 Å². The predicted molar refractivity (Wildman–Crippen MR) is 148 cm³/mol. The number of carbonyl (C=O) groups excluding carboxylic acids is 1. The zero-order valence-corrected chi connectivity index (χ0v) is 24.5. The third-order valence-electron chi connectivity index (χ3n) is 13.1. The molecule has 0 aromatic carbocycles. The van der Waals surface area contributed by atoms with E-state index in [0.29, 0.717) is 67.0 Å². The van der Waals surface area contributed by atoms with E-state index in [1.165, 1.54) is 25.7 Å². The lowest BCUT2D eigenvalue weighted by molar-refractivity contribution is -0.203. The van der Waals surface area contributed by atoms with E-state index in [9.17, 15) is 20.1 Å². The first-order valence-electron chi connectivity index (χ1n) is 16.0. The van der Waals surface area contributed by atoms with Crippen LogP contribution in [0.5, 0.6) is 0 Å². The summed E-state index contributed by atoms with van der Waals surface area (Å²) in [5, 5.41) is 31.8. The van der Waals surface area contributed by atoms with Gasteiger partial charge in [0.1, 0.15) is 0 Å². The third-order valence-corrected chi connectivity index (χ3v) is 13.1. The first kappa shape index (κ1) is 28.7. The summed E-state index contributed by atoms with van der Waals surface area (Å²) in [6.45, 7) is 11.7. The zero-order valence-electron chi connectivity index (χ0n) is 24.5. The second kappa shape index (κ2) is 11.2. The largest absolute Gasteiger partial charge is 0.449 e. The summed E-state index contributed by atoms with van der Waals surface area (Å²) < 4.78 is 5.73. The zero-order chi connectivity index (χ0) is 27.2. The van der Waals surface area contributed by atoms with Gasteiger partial charge in [0.15, 0.2) is 0 Å². The topological polar surface area (TPSA) is 90.2 Å². The van der Waals surface area contributed by atoms with Gasteiger partial charge in [0.2, 0.25) is 0 Å². The Morgan fingerprint density at radius 3 is 2.34 bits per heavy atom. The van der Waals surface area contributed by atoms with Crippen molar-refractivity contribution in [2.45, 2.75) is 111 Å². The molecule has 5 rings (SSSR count). The summed E-state index contributed by atoms with van der Waals surface area (Å²) in [4.78, 5) is 14.4. The van der Waals surface area contributed by atoms with Crippen molar-refractivity contribution in [2.24, 2.45) is 58.2 Å². The molecule has 38 heavy (non-hydrogen) atoms. The Bertz CT molecular complexity index is 829. The molecular formula is C32H55NO5. The van der Waals surface area contributed by atoms with Gasteiger partial charge < -0.3 is 25.0 Å². The number of hydrogen-bond acceptors (Lipinski definition) is 5. The number of aliphatic hydroxyl groups excluding tert-OH is 3. The number of hydrogen-bond donors (Lipinski definition) is 3. The smallest absolute Gasteiger partial charge is 0.409 e. The van der Waals surface area contributed by atoms with E-state index in [1.807, 2.05) is 0 Å². The number of nitrogens with zero attached hydrogens (tertiary/aromatic N) is 1. The fourth-order valence-electron chi connectivity index (χ4n) is 10.9. The van der Waals surface area contributed by atoms with Crippen molar-refractivity contribution in [3.63, 3.8) is 0 Å². The fraction of sp³-hybridized carbons (Fsp3) is 0.969. The van der Waals surface area contributed by atoms with Crippen LogP contribution in [0.25, 0.3) is 0 Å². The van der Waals surface area contributed by atoms with Gasteiger partial charge in [-0.25, -0.2) is 4.79 Å². The van der Waals surface area contributed by atoms with E-state index in [1.54, 1.807) is 4.90 Å². The van der Waals surface area contributed by atoms with Crippen LogP contribution in [0.2, 0.25) is 0 Å². The number of fused-ring (bicyclic) bond motifs is 5. The van der Waals surface area contributed by atoms with Crippen molar-refractivity contribution in [1.82, 2.24) is 4.90 Å². The second-order valence-corrected chi connectivity index (χ2v) is 14.6. The Kier molecular flexibility index (Phi) is 8.45. The lowest BCUT2D eigenvalue weighted by atomic mass is 9.41. The molecule has 4 aliphatic carbocycles. The number of carbonyl (C=O) groups is 1. The molecule has 6 heteroatoms. The molecule has 218 valence electrons. The Labute approximate surface area is 230 Å². The van der Waals surface area contributed by atoms with Crippen LogP contribution in [0, 0.1) is 58.2 Å². The highest BCUT2D eigenvalue weighted by molar-refractivity contribution is 5.67. The number of piperidine rings is 1. The Hall–Kier alpha value is -0.850. The molecule has 1 saturated heterocycles. The molecule has 0 aromatic rings. The van der Waals surface area contributed by atoms with Crippen LogP contribution in [0.3, 0.4) is 0 Å². The maximum absolute atomic E-state index is 12.6. The van der Waals surface area contributed by atoms with Crippen molar-refractivity contribution < 1.29 is 24.9 Å². The molecule has 6 nitrogen and oxygen atoms in total. The minimum absolute atomic E-state index is 0.194. The molecular weight excluding hydrogens is 478 g/mol.